The number of thioether (sulfide) groups is 1. The van der Waals surface area contributed by atoms with Crippen LogP contribution in [0.5, 0.6) is 0 Å². The number of hydrogen-bond donors (Lipinski definition) is 0. The summed E-state index contributed by atoms with van der Waals surface area (Å²) in [5, 5.41) is -0.0929. The lowest BCUT2D eigenvalue weighted by Gasteiger charge is -2.20. The molecule has 0 heterocycles. The highest BCUT2D eigenvalue weighted by molar-refractivity contribution is 8.14. The highest BCUT2D eigenvalue weighted by Crippen LogP contribution is 2.31. The maximum atomic E-state index is 12.4. The van der Waals surface area contributed by atoms with E-state index < -0.39 is 5.97 Å². The molecule has 4 heteroatoms. The Bertz CT molecular complexity index is 730. The summed E-state index contributed by atoms with van der Waals surface area (Å²) in [7, 11) is 0. The number of carbonyl (C=O) groups excluding carboxylic acids is 2. The zero-order chi connectivity index (χ0) is 17.7. The summed E-state index contributed by atoms with van der Waals surface area (Å²) >= 11 is 1.06. The van der Waals surface area contributed by atoms with Gasteiger partial charge in [0.2, 0.25) is 5.12 Å². The third kappa shape index (κ3) is 4.48. The van der Waals surface area contributed by atoms with Crippen LogP contribution in [-0.4, -0.2) is 17.7 Å². The molecule has 3 nitrogen and oxygen atoms in total. The second-order valence-corrected chi connectivity index (χ2v) is 7.45. The van der Waals surface area contributed by atoms with Gasteiger partial charge in [-0.25, -0.2) is 4.79 Å². The molecule has 2 rings (SSSR count). The number of benzene rings is 2. The maximum absolute atomic E-state index is 12.4. The van der Waals surface area contributed by atoms with Crippen molar-refractivity contribution in [2.45, 2.75) is 38.0 Å². The molecule has 0 saturated heterocycles. The summed E-state index contributed by atoms with van der Waals surface area (Å²) in [6.07, 6.45) is 0. The van der Waals surface area contributed by atoms with Crippen LogP contribution in [-0.2, 0) is 10.2 Å². The van der Waals surface area contributed by atoms with Crippen LogP contribution in [0.1, 0.15) is 54.0 Å². The van der Waals surface area contributed by atoms with Gasteiger partial charge in [-0.15, -0.1) is 0 Å². The first-order chi connectivity index (χ1) is 11.3. The van der Waals surface area contributed by atoms with E-state index in [1.165, 1.54) is 0 Å². The molecule has 0 amide bonds. The van der Waals surface area contributed by atoms with Gasteiger partial charge < -0.3 is 4.74 Å². The molecule has 0 saturated carbocycles. The van der Waals surface area contributed by atoms with Crippen LogP contribution in [0, 0.1) is 0 Å². The second-order valence-electron chi connectivity index (χ2n) is 6.44. The molecule has 0 aliphatic heterocycles. The van der Waals surface area contributed by atoms with E-state index in [0.29, 0.717) is 22.6 Å². The number of esters is 1. The van der Waals surface area contributed by atoms with Crippen molar-refractivity contribution < 1.29 is 14.3 Å². The summed E-state index contributed by atoms with van der Waals surface area (Å²) in [5.41, 5.74) is 1.99. The summed E-state index contributed by atoms with van der Waals surface area (Å²) in [4.78, 5) is 25.4. The molecule has 0 spiro atoms. The Balaban J connectivity index is 2.38. The van der Waals surface area contributed by atoms with Crippen molar-refractivity contribution in [1.29, 1.82) is 0 Å². The van der Waals surface area contributed by atoms with Crippen molar-refractivity contribution in [3.8, 4) is 0 Å². The number of carbonyl (C=O) groups is 2. The first kappa shape index (κ1) is 18.3. The molecule has 0 aromatic heterocycles. The van der Waals surface area contributed by atoms with Crippen LogP contribution in [0.4, 0.5) is 0 Å². The van der Waals surface area contributed by atoms with Crippen molar-refractivity contribution in [2.24, 2.45) is 0 Å². The Morgan fingerprint density at radius 2 is 1.71 bits per heavy atom. The number of ether oxygens (including phenoxy) is 1. The first-order valence-corrected chi connectivity index (χ1v) is 8.73. The fourth-order valence-corrected chi connectivity index (χ4v) is 3.03. The van der Waals surface area contributed by atoms with E-state index in [0.717, 1.165) is 17.3 Å². The molecule has 24 heavy (non-hydrogen) atoms. The molecule has 0 aliphatic carbocycles. The fourth-order valence-electron chi connectivity index (χ4n) is 2.19. The minimum absolute atomic E-state index is 0.0894. The topological polar surface area (TPSA) is 43.4 Å². The standard InChI is InChI=1S/C20H22O3S/c1-5-23-18(21)16-13-15(20(2,3)4)11-12-17(16)24-19(22)14-9-7-6-8-10-14/h6-13H,5H2,1-4H3. The van der Waals surface area contributed by atoms with Crippen LogP contribution in [0.3, 0.4) is 0 Å². The van der Waals surface area contributed by atoms with Gasteiger partial charge in [0.1, 0.15) is 0 Å². The largest absolute Gasteiger partial charge is 0.462 e. The van der Waals surface area contributed by atoms with E-state index in [9.17, 15) is 9.59 Å². The Hall–Kier alpha value is -2.07. The zero-order valence-electron chi connectivity index (χ0n) is 14.5. The third-order valence-electron chi connectivity index (χ3n) is 3.55. The van der Waals surface area contributed by atoms with Crippen LogP contribution in [0.2, 0.25) is 0 Å². The Morgan fingerprint density at radius 3 is 2.29 bits per heavy atom. The molecule has 2 aromatic rings. The summed E-state index contributed by atoms with van der Waals surface area (Å²) in [6.45, 7) is 8.32. The van der Waals surface area contributed by atoms with E-state index >= 15 is 0 Å². The summed E-state index contributed by atoms with van der Waals surface area (Å²) in [5.74, 6) is -0.396. The lowest BCUT2D eigenvalue weighted by Crippen LogP contribution is -2.14. The van der Waals surface area contributed by atoms with Gasteiger partial charge in [-0.2, -0.15) is 0 Å². The normalized spacial score (nSPS) is 11.2. The van der Waals surface area contributed by atoms with Gasteiger partial charge in [-0.1, -0.05) is 57.2 Å². The predicted octanol–water partition coefficient (Wildman–Crippen LogP) is 5.09. The number of rotatable bonds is 4. The van der Waals surface area contributed by atoms with E-state index in [1.54, 1.807) is 19.1 Å². The average molecular weight is 342 g/mol. The fraction of sp³-hybridized carbons (Fsp3) is 0.300. The Kier molecular flexibility index (Phi) is 5.84. The second kappa shape index (κ2) is 7.67. The molecule has 0 aliphatic rings. The zero-order valence-corrected chi connectivity index (χ0v) is 15.3. The third-order valence-corrected chi connectivity index (χ3v) is 4.55. The van der Waals surface area contributed by atoms with Gasteiger partial charge in [0.05, 0.1) is 12.2 Å². The van der Waals surface area contributed by atoms with Crippen molar-refractivity contribution in [1.82, 2.24) is 0 Å². The Morgan fingerprint density at radius 1 is 1.04 bits per heavy atom. The molecule has 2 aromatic carbocycles. The molecular weight excluding hydrogens is 320 g/mol. The number of hydrogen-bond acceptors (Lipinski definition) is 4. The van der Waals surface area contributed by atoms with Gasteiger partial charge in [-0.05, 0) is 41.8 Å². The minimum Gasteiger partial charge on any atom is -0.462 e. The van der Waals surface area contributed by atoms with Crippen molar-refractivity contribution >= 4 is 22.8 Å². The van der Waals surface area contributed by atoms with E-state index in [1.807, 2.05) is 36.4 Å². The minimum atomic E-state index is -0.396. The predicted molar refractivity (Wildman–Crippen MR) is 97.7 cm³/mol. The molecule has 0 bridgehead atoms. The molecule has 0 fully saturated rings. The highest BCUT2D eigenvalue weighted by atomic mass is 32.2. The molecule has 126 valence electrons. The van der Waals surface area contributed by atoms with Gasteiger partial charge in [-0.3, -0.25) is 4.79 Å². The maximum Gasteiger partial charge on any atom is 0.339 e. The molecular formula is C20H22O3S. The SMILES string of the molecule is CCOC(=O)c1cc(C(C)(C)C)ccc1SC(=O)c1ccccc1. The van der Waals surface area contributed by atoms with Crippen LogP contribution < -0.4 is 0 Å². The van der Waals surface area contributed by atoms with Gasteiger partial charge in [0, 0.05) is 10.5 Å². The smallest absolute Gasteiger partial charge is 0.339 e. The van der Waals surface area contributed by atoms with Crippen LogP contribution in [0.25, 0.3) is 0 Å². The van der Waals surface area contributed by atoms with E-state index in [-0.39, 0.29) is 10.5 Å². The van der Waals surface area contributed by atoms with Crippen molar-refractivity contribution in [3.05, 3.63) is 65.2 Å². The van der Waals surface area contributed by atoms with E-state index in [4.69, 9.17) is 4.74 Å². The van der Waals surface area contributed by atoms with Gasteiger partial charge >= 0.3 is 5.97 Å². The summed E-state index contributed by atoms with van der Waals surface area (Å²) < 4.78 is 5.16. The molecule has 0 N–H and O–H groups in total. The monoisotopic (exact) mass is 342 g/mol. The van der Waals surface area contributed by atoms with Crippen molar-refractivity contribution in [3.63, 3.8) is 0 Å². The molecule has 0 atom stereocenters. The quantitative estimate of drug-likeness (QED) is 0.573. The van der Waals surface area contributed by atoms with E-state index in [2.05, 4.69) is 20.8 Å². The molecule has 0 radical (unpaired) electrons. The Labute approximate surface area is 147 Å². The highest BCUT2D eigenvalue weighted by Gasteiger charge is 2.21. The van der Waals surface area contributed by atoms with Crippen molar-refractivity contribution in [2.75, 3.05) is 6.61 Å². The lowest BCUT2D eigenvalue weighted by atomic mass is 9.86. The van der Waals surface area contributed by atoms with Crippen LogP contribution in [0.15, 0.2) is 53.4 Å². The lowest BCUT2D eigenvalue weighted by molar-refractivity contribution is 0.0522. The van der Waals surface area contributed by atoms with Gasteiger partial charge in [0.25, 0.3) is 0 Å². The summed E-state index contributed by atoms with van der Waals surface area (Å²) in [6, 6.07) is 14.7. The van der Waals surface area contributed by atoms with Gasteiger partial charge in [0.15, 0.2) is 0 Å². The first-order valence-electron chi connectivity index (χ1n) is 7.92. The average Bonchev–Trinajstić information content (AvgIpc) is 2.55. The van der Waals surface area contributed by atoms with Crippen LogP contribution >= 0.6 is 11.8 Å². The molecule has 0 unspecified atom stereocenters.